The molecule has 0 bridgehead atoms. The number of amides is 1. The third-order valence-electron chi connectivity index (χ3n) is 3.44. The molecule has 0 aliphatic heterocycles. The number of halogens is 3. The van der Waals surface area contributed by atoms with Crippen LogP contribution in [0.5, 0.6) is 0 Å². The van der Waals surface area contributed by atoms with E-state index in [1.54, 1.807) is 30.3 Å². The molecule has 3 aromatic rings. The fourth-order valence-electron chi connectivity index (χ4n) is 2.16. The number of anilines is 1. The highest BCUT2D eigenvalue weighted by molar-refractivity contribution is 6.35. The summed E-state index contributed by atoms with van der Waals surface area (Å²) in [6.07, 6.45) is 0. The van der Waals surface area contributed by atoms with Gasteiger partial charge in [0.15, 0.2) is 5.76 Å². The number of carbonyl (C=O) groups excluding carboxylic acids is 1. The Kier molecular flexibility index (Phi) is 5.12. The van der Waals surface area contributed by atoms with Crippen molar-refractivity contribution in [2.45, 2.75) is 0 Å². The smallest absolute Gasteiger partial charge is 0.305 e. The first-order valence-electron chi connectivity index (χ1n) is 7.29. The molecule has 2 N–H and O–H groups in total. The molecule has 5 nitrogen and oxygen atoms in total. The molecule has 1 amide bonds. The van der Waals surface area contributed by atoms with Crippen LogP contribution in [-0.2, 0) is 0 Å². The van der Waals surface area contributed by atoms with E-state index < -0.39 is 11.7 Å². The molecule has 0 saturated heterocycles. The lowest BCUT2D eigenvalue weighted by Gasteiger charge is -2.09. The number of hydrogen-bond acceptors (Lipinski definition) is 4. The van der Waals surface area contributed by atoms with E-state index in [0.29, 0.717) is 27.1 Å². The number of rotatable bonds is 4. The van der Waals surface area contributed by atoms with Crippen LogP contribution in [0, 0.1) is 17.1 Å². The van der Waals surface area contributed by atoms with Gasteiger partial charge in [-0.05, 0) is 48.5 Å². The number of nitrogens with zero attached hydrogens (tertiary/aromatic N) is 1. The molecule has 0 radical (unpaired) electrons. The largest absolute Gasteiger partial charge is 0.451 e. The monoisotopic (exact) mass is 389 g/mol. The predicted octanol–water partition coefficient (Wildman–Crippen LogP) is 5.02. The van der Waals surface area contributed by atoms with Crippen molar-refractivity contribution in [3.05, 3.63) is 75.7 Å². The van der Waals surface area contributed by atoms with Gasteiger partial charge in [0.2, 0.25) is 0 Å². The Morgan fingerprint density at radius 2 is 1.92 bits per heavy atom. The SMILES string of the molecule is N#Cc1cc(-c2ccc(C(=O)NNc3cc(Cl)ccc3Cl)o2)ccc1F. The van der Waals surface area contributed by atoms with Gasteiger partial charge >= 0.3 is 5.91 Å². The number of hydrogen-bond donors (Lipinski definition) is 2. The van der Waals surface area contributed by atoms with E-state index in [4.69, 9.17) is 32.9 Å². The van der Waals surface area contributed by atoms with E-state index in [2.05, 4.69) is 10.9 Å². The average molecular weight is 390 g/mol. The van der Waals surface area contributed by atoms with Crippen LogP contribution in [0.25, 0.3) is 11.3 Å². The molecule has 3 rings (SSSR count). The summed E-state index contributed by atoms with van der Waals surface area (Å²) >= 11 is 11.9. The molecule has 0 spiro atoms. The van der Waals surface area contributed by atoms with Crippen molar-refractivity contribution in [3.63, 3.8) is 0 Å². The minimum atomic E-state index is -0.622. The Balaban J connectivity index is 1.74. The second kappa shape index (κ2) is 7.48. The minimum absolute atomic E-state index is 0.0217. The van der Waals surface area contributed by atoms with Crippen LogP contribution < -0.4 is 10.9 Å². The maximum atomic E-state index is 13.4. The second-order valence-corrected chi connectivity index (χ2v) is 6.02. The molecule has 0 aliphatic carbocycles. The molecule has 1 heterocycles. The van der Waals surface area contributed by atoms with E-state index in [1.165, 1.54) is 24.3 Å². The summed E-state index contributed by atoms with van der Waals surface area (Å²) < 4.78 is 18.9. The maximum Gasteiger partial charge on any atom is 0.305 e. The summed E-state index contributed by atoms with van der Waals surface area (Å²) in [5, 5.41) is 9.72. The first-order valence-corrected chi connectivity index (χ1v) is 8.05. The molecule has 0 unspecified atom stereocenters. The van der Waals surface area contributed by atoms with E-state index in [9.17, 15) is 9.18 Å². The zero-order valence-electron chi connectivity index (χ0n) is 13.0. The van der Waals surface area contributed by atoms with Crippen LogP contribution in [0.15, 0.2) is 52.9 Å². The highest BCUT2D eigenvalue weighted by atomic mass is 35.5. The average Bonchev–Trinajstić information content (AvgIpc) is 3.13. The molecule has 26 heavy (non-hydrogen) atoms. The van der Waals surface area contributed by atoms with E-state index in [-0.39, 0.29) is 11.3 Å². The van der Waals surface area contributed by atoms with Crippen LogP contribution >= 0.6 is 23.2 Å². The summed E-state index contributed by atoms with van der Waals surface area (Å²) in [7, 11) is 0. The Morgan fingerprint density at radius 3 is 2.69 bits per heavy atom. The van der Waals surface area contributed by atoms with Crippen LogP contribution in [-0.4, -0.2) is 5.91 Å². The zero-order chi connectivity index (χ0) is 18.7. The number of carbonyl (C=O) groups is 1. The predicted molar refractivity (Wildman–Crippen MR) is 96.4 cm³/mol. The second-order valence-electron chi connectivity index (χ2n) is 5.17. The molecular weight excluding hydrogens is 380 g/mol. The molecular formula is C18H10Cl2FN3O2. The van der Waals surface area contributed by atoms with E-state index in [0.717, 1.165) is 0 Å². The normalized spacial score (nSPS) is 10.2. The molecule has 1 aromatic heterocycles. The third-order valence-corrected chi connectivity index (χ3v) is 4.00. The first-order chi connectivity index (χ1) is 12.5. The standard InChI is InChI=1S/C18H10Cl2FN3O2/c19-12-2-3-13(20)15(8-12)23-24-18(25)17-6-5-16(26-17)10-1-4-14(21)11(7-10)9-22/h1-8,23H,(H,24,25). The first kappa shape index (κ1) is 17.8. The fourth-order valence-corrected chi connectivity index (χ4v) is 2.50. The Morgan fingerprint density at radius 1 is 1.12 bits per heavy atom. The minimum Gasteiger partial charge on any atom is -0.451 e. The highest BCUT2D eigenvalue weighted by Crippen LogP contribution is 2.26. The summed E-state index contributed by atoms with van der Waals surface area (Å²) in [4.78, 5) is 12.2. The number of nitriles is 1. The van der Waals surface area contributed by atoms with Crippen molar-refractivity contribution in [2.24, 2.45) is 0 Å². The molecule has 130 valence electrons. The third kappa shape index (κ3) is 3.80. The highest BCUT2D eigenvalue weighted by Gasteiger charge is 2.14. The molecule has 0 saturated carbocycles. The van der Waals surface area contributed by atoms with Gasteiger partial charge in [-0.3, -0.25) is 15.6 Å². The molecule has 8 heteroatoms. The lowest BCUT2D eigenvalue weighted by atomic mass is 10.1. The Hall–Kier alpha value is -3.01. The van der Waals surface area contributed by atoms with Crippen molar-refractivity contribution < 1.29 is 13.6 Å². The summed E-state index contributed by atoms with van der Waals surface area (Å²) in [6.45, 7) is 0. The van der Waals surface area contributed by atoms with Crippen LogP contribution in [0.2, 0.25) is 10.0 Å². The van der Waals surface area contributed by atoms with E-state index >= 15 is 0 Å². The van der Waals surface area contributed by atoms with Crippen molar-refractivity contribution in [2.75, 3.05) is 5.43 Å². The van der Waals surface area contributed by atoms with Crippen molar-refractivity contribution >= 4 is 34.8 Å². The Bertz CT molecular complexity index is 1030. The number of benzene rings is 2. The summed E-state index contributed by atoms with van der Waals surface area (Å²) in [6, 6.07) is 13.5. The van der Waals surface area contributed by atoms with Crippen molar-refractivity contribution in [1.29, 1.82) is 5.26 Å². The lowest BCUT2D eigenvalue weighted by molar-refractivity contribution is 0.0936. The van der Waals surface area contributed by atoms with Gasteiger partial charge in [0.05, 0.1) is 16.3 Å². The van der Waals surface area contributed by atoms with Gasteiger partial charge in [-0.1, -0.05) is 23.2 Å². The maximum absolute atomic E-state index is 13.4. The van der Waals surface area contributed by atoms with Gasteiger partial charge < -0.3 is 4.42 Å². The van der Waals surface area contributed by atoms with Crippen molar-refractivity contribution in [1.82, 2.24) is 5.43 Å². The van der Waals surface area contributed by atoms with E-state index in [1.807, 2.05) is 0 Å². The lowest BCUT2D eigenvalue weighted by Crippen LogP contribution is -2.29. The topological polar surface area (TPSA) is 78.1 Å². The summed E-state index contributed by atoms with van der Waals surface area (Å²) in [5.41, 5.74) is 5.90. The molecule has 0 atom stereocenters. The van der Waals surface area contributed by atoms with Gasteiger partial charge in [0.1, 0.15) is 17.6 Å². The van der Waals surface area contributed by atoms with Gasteiger partial charge in [0.25, 0.3) is 0 Å². The number of hydrazine groups is 1. The van der Waals surface area contributed by atoms with Crippen LogP contribution in [0.1, 0.15) is 16.1 Å². The molecule has 0 fully saturated rings. The van der Waals surface area contributed by atoms with Crippen molar-refractivity contribution in [3.8, 4) is 17.4 Å². The molecule has 2 aromatic carbocycles. The number of nitrogens with one attached hydrogen (secondary N) is 2. The summed E-state index contributed by atoms with van der Waals surface area (Å²) in [5.74, 6) is -0.820. The van der Waals surface area contributed by atoms with Gasteiger partial charge in [-0.25, -0.2) is 4.39 Å². The Labute approximate surface area is 157 Å². The van der Waals surface area contributed by atoms with Gasteiger partial charge in [-0.15, -0.1) is 0 Å². The van der Waals surface area contributed by atoms with Crippen LogP contribution in [0.3, 0.4) is 0 Å². The fraction of sp³-hybridized carbons (Fsp3) is 0. The number of furan rings is 1. The van der Waals surface area contributed by atoms with Crippen LogP contribution in [0.4, 0.5) is 10.1 Å². The zero-order valence-corrected chi connectivity index (χ0v) is 14.5. The molecule has 0 aliphatic rings. The quantitative estimate of drug-likeness (QED) is 0.613. The van der Waals surface area contributed by atoms with Gasteiger partial charge in [0, 0.05) is 10.6 Å². The van der Waals surface area contributed by atoms with Gasteiger partial charge in [-0.2, -0.15) is 5.26 Å².